The average molecular weight is 485 g/mol. The summed E-state index contributed by atoms with van der Waals surface area (Å²) in [5.41, 5.74) is -6.57. The Morgan fingerprint density at radius 3 is 1.92 bits per heavy atom. The fourth-order valence-electron chi connectivity index (χ4n) is 2.18. The van der Waals surface area contributed by atoms with Gasteiger partial charge in [0, 0.05) is 5.02 Å². The van der Waals surface area contributed by atoms with Gasteiger partial charge in [0.15, 0.2) is 0 Å². The maximum atomic E-state index is 13.4. The minimum absolute atomic E-state index is 0.0763. The van der Waals surface area contributed by atoms with Crippen molar-refractivity contribution in [1.82, 2.24) is 0 Å². The normalized spacial score (nSPS) is 17.9. The molecular weight excluding hydrogens is 480 g/mol. The molecule has 1 aromatic rings. The summed E-state index contributed by atoms with van der Waals surface area (Å²) >= 11 is 6.65. The molecule has 0 N–H and O–H groups in total. The van der Waals surface area contributed by atoms with Gasteiger partial charge in [-0.1, -0.05) is 23.7 Å². The fraction of sp³-hybridized carbons (Fsp3) is 0.250. The molecule has 2 rings (SSSR count). The van der Waals surface area contributed by atoms with E-state index in [1.54, 1.807) is 0 Å². The maximum Gasteiger partial charge on any atom is 0.450 e. The number of nitro groups is 1. The molecule has 1 aliphatic heterocycles. The van der Waals surface area contributed by atoms with Gasteiger partial charge in [0.2, 0.25) is 0 Å². The fourth-order valence-corrected chi connectivity index (χ4v) is 3.32. The zero-order valence-electron chi connectivity index (χ0n) is 11.0. The molecule has 0 saturated carbocycles. The van der Waals surface area contributed by atoms with E-state index in [-0.39, 0.29) is 5.02 Å². The van der Waals surface area contributed by atoms with E-state index in [1.807, 2.05) is 0 Å². The molecule has 0 atom stereocenters. The summed E-state index contributed by atoms with van der Waals surface area (Å²) in [5, 5.41) is 10.9. The molecule has 0 amide bonds. The van der Waals surface area contributed by atoms with Crippen molar-refractivity contribution in [3.63, 3.8) is 0 Å². The van der Waals surface area contributed by atoms with E-state index in [4.69, 9.17) is 11.6 Å². The zero-order valence-corrected chi connectivity index (χ0v) is 14.0. The lowest BCUT2D eigenvalue weighted by Gasteiger charge is -2.29. The summed E-state index contributed by atoms with van der Waals surface area (Å²) < 4.78 is 79.7. The molecule has 4 nitrogen and oxygen atoms in total. The van der Waals surface area contributed by atoms with Gasteiger partial charge >= 0.3 is 23.7 Å². The van der Waals surface area contributed by atoms with Crippen molar-refractivity contribution in [2.45, 2.75) is 17.9 Å². The van der Waals surface area contributed by atoms with E-state index < -0.39 is 43.4 Å². The number of hydrogen-bond donors (Lipinski definition) is 0. The minimum atomic E-state index is -5.94. The van der Waals surface area contributed by atoms with Crippen molar-refractivity contribution in [3.05, 3.63) is 48.5 Å². The molecule has 0 radical (unpaired) electrons. The number of amidine groups is 1. The van der Waals surface area contributed by atoms with Crippen LogP contribution in [0, 0.1) is 10.1 Å². The van der Waals surface area contributed by atoms with Crippen LogP contribution < -0.4 is 0 Å². The standard InChI is InChI=1S/C12H4ClF6IN2O2/c13-6-3-1-5(2-4-6)7-8(20)9(22(23)24)21-10(7,11(14,15)16)12(17,18)19/h1-4H. The van der Waals surface area contributed by atoms with Crippen LogP contribution in [0.2, 0.25) is 5.02 Å². The molecule has 0 fully saturated rings. The SMILES string of the molecule is O=[N+]([O-])C1=NC(C(F)(F)F)(C(F)(F)F)C(c2ccc(Cl)cc2)=C1I. The smallest absolute Gasteiger partial charge is 0.358 e. The first-order valence-electron chi connectivity index (χ1n) is 5.87. The summed E-state index contributed by atoms with van der Waals surface area (Å²) in [6.45, 7) is 0. The molecule has 0 aliphatic carbocycles. The van der Waals surface area contributed by atoms with Gasteiger partial charge in [-0.2, -0.15) is 26.3 Å². The van der Waals surface area contributed by atoms with Crippen LogP contribution in [0.3, 0.4) is 0 Å². The summed E-state index contributed by atoms with van der Waals surface area (Å²) in [5.74, 6) is -1.49. The Bertz CT molecular complexity index is 740. The first kappa shape index (κ1) is 19.0. The Labute approximate surface area is 148 Å². The third-order valence-electron chi connectivity index (χ3n) is 3.18. The van der Waals surface area contributed by atoms with Gasteiger partial charge in [-0.15, -0.1) is 0 Å². The van der Waals surface area contributed by atoms with Gasteiger partial charge in [-0.3, -0.25) is 0 Å². The van der Waals surface area contributed by atoms with Gasteiger partial charge in [0.1, 0.15) is 3.58 Å². The van der Waals surface area contributed by atoms with E-state index >= 15 is 0 Å². The second-order valence-electron chi connectivity index (χ2n) is 4.59. The predicted molar refractivity (Wildman–Crippen MR) is 81.7 cm³/mol. The van der Waals surface area contributed by atoms with E-state index in [0.717, 1.165) is 46.9 Å². The summed E-state index contributed by atoms with van der Waals surface area (Å²) in [6.07, 6.45) is -11.9. The van der Waals surface area contributed by atoms with E-state index in [0.29, 0.717) is 0 Å². The Hall–Kier alpha value is -1.37. The summed E-state index contributed by atoms with van der Waals surface area (Å²) in [4.78, 5) is 12.0. The second-order valence-corrected chi connectivity index (χ2v) is 6.11. The quantitative estimate of drug-likeness (QED) is 0.243. The van der Waals surface area contributed by atoms with E-state index in [2.05, 4.69) is 4.99 Å². The molecular formula is C12H4ClF6IN2O2. The molecule has 24 heavy (non-hydrogen) atoms. The van der Waals surface area contributed by atoms with E-state index in [9.17, 15) is 36.5 Å². The molecule has 0 aromatic heterocycles. The predicted octanol–water partition coefficient (Wildman–Crippen LogP) is 5.04. The van der Waals surface area contributed by atoms with Gasteiger partial charge < -0.3 is 10.1 Å². The Morgan fingerprint density at radius 1 is 1.08 bits per heavy atom. The van der Waals surface area contributed by atoms with Crippen molar-refractivity contribution in [3.8, 4) is 0 Å². The van der Waals surface area contributed by atoms with Crippen LogP contribution in [0.15, 0.2) is 32.8 Å². The minimum Gasteiger partial charge on any atom is -0.358 e. The van der Waals surface area contributed by atoms with Crippen molar-refractivity contribution >= 4 is 45.6 Å². The molecule has 1 heterocycles. The molecule has 130 valence electrons. The third-order valence-corrected chi connectivity index (χ3v) is 4.45. The molecule has 0 bridgehead atoms. The van der Waals surface area contributed by atoms with Crippen LogP contribution in [-0.2, 0) is 0 Å². The first-order chi connectivity index (χ1) is 10.8. The number of nitrogens with zero attached hydrogens (tertiary/aromatic N) is 2. The first-order valence-corrected chi connectivity index (χ1v) is 7.33. The van der Waals surface area contributed by atoms with Crippen LogP contribution in [0.1, 0.15) is 5.56 Å². The topological polar surface area (TPSA) is 55.5 Å². The molecule has 1 aliphatic rings. The Morgan fingerprint density at radius 2 is 1.54 bits per heavy atom. The van der Waals surface area contributed by atoms with Crippen molar-refractivity contribution in [2.24, 2.45) is 4.99 Å². The highest BCUT2D eigenvalue weighted by Crippen LogP contribution is 2.58. The van der Waals surface area contributed by atoms with Crippen LogP contribution in [0.5, 0.6) is 0 Å². The Kier molecular flexibility index (Phi) is 4.63. The van der Waals surface area contributed by atoms with Crippen LogP contribution in [0.25, 0.3) is 5.57 Å². The highest BCUT2D eigenvalue weighted by Gasteiger charge is 2.81. The largest absolute Gasteiger partial charge is 0.450 e. The zero-order chi connectivity index (χ0) is 18.5. The molecule has 0 spiro atoms. The summed E-state index contributed by atoms with van der Waals surface area (Å²) in [7, 11) is 0. The van der Waals surface area contributed by atoms with Gasteiger partial charge in [0.25, 0.3) is 0 Å². The number of rotatable bonds is 1. The van der Waals surface area contributed by atoms with Crippen LogP contribution >= 0.6 is 34.2 Å². The lowest BCUT2D eigenvalue weighted by atomic mass is 9.85. The lowest BCUT2D eigenvalue weighted by Crippen LogP contribution is -2.55. The lowest BCUT2D eigenvalue weighted by molar-refractivity contribution is -0.350. The number of benzene rings is 1. The number of aliphatic imine (C=N–C) groups is 1. The highest BCUT2D eigenvalue weighted by atomic mass is 127. The Balaban J connectivity index is 2.90. The monoisotopic (exact) mass is 484 g/mol. The summed E-state index contributed by atoms with van der Waals surface area (Å²) in [6, 6.07) is 3.99. The molecule has 1 aromatic carbocycles. The van der Waals surface area contributed by atoms with Gasteiger partial charge in [-0.25, -0.2) is 0 Å². The maximum absolute atomic E-state index is 13.4. The number of halogens is 8. The third kappa shape index (κ3) is 2.76. The van der Waals surface area contributed by atoms with Crippen LogP contribution in [-0.4, -0.2) is 28.7 Å². The van der Waals surface area contributed by atoms with Crippen LogP contribution in [0.4, 0.5) is 26.3 Å². The average Bonchev–Trinajstić information content (AvgIpc) is 2.74. The highest BCUT2D eigenvalue weighted by molar-refractivity contribution is 14.1. The molecule has 0 unspecified atom stereocenters. The van der Waals surface area contributed by atoms with Gasteiger partial charge in [0.05, 0.1) is 5.57 Å². The van der Waals surface area contributed by atoms with Crippen molar-refractivity contribution < 1.29 is 31.3 Å². The molecule has 0 saturated heterocycles. The number of alkyl halides is 6. The number of hydrogen-bond acceptors (Lipinski definition) is 3. The molecule has 12 heteroatoms. The van der Waals surface area contributed by atoms with Crippen molar-refractivity contribution in [1.29, 1.82) is 0 Å². The second kappa shape index (κ2) is 5.86. The van der Waals surface area contributed by atoms with E-state index in [1.165, 1.54) is 0 Å². The van der Waals surface area contributed by atoms with Gasteiger partial charge in [-0.05, 0) is 50.2 Å². The van der Waals surface area contributed by atoms with Crippen molar-refractivity contribution in [2.75, 3.05) is 0 Å².